The van der Waals surface area contributed by atoms with Crippen molar-refractivity contribution in [2.45, 2.75) is 167 Å². The fourth-order valence-electron chi connectivity index (χ4n) is 4.60. The summed E-state index contributed by atoms with van der Waals surface area (Å²) in [4.78, 5) is 12.3. The van der Waals surface area contributed by atoms with Gasteiger partial charge in [-0.3, -0.25) is 4.79 Å². The zero-order valence-electron chi connectivity index (χ0n) is 25.5. The van der Waals surface area contributed by atoms with Crippen molar-refractivity contribution in [1.29, 1.82) is 0 Å². The number of rotatable bonds is 28. The number of amides is 1. The first kappa shape index (κ1) is 37.6. The number of aliphatic hydroxyl groups excluding tert-OH is 3. The van der Waals surface area contributed by atoms with E-state index in [0.717, 1.165) is 51.4 Å². The zero-order valence-corrected chi connectivity index (χ0v) is 25.5. The van der Waals surface area contributed by atoms with E-state index in [-0.39, 0.29) is 12.5 Å². The molecule has 0 aliphatic carbocycles. The smallest absolute Gasteiger partial charge is 0.220 e. The molecule has 0 heterocycles. The quantitative estimate of drug-likeness (QED) is 0.0586. The molecular weight excluding hydrogens is 486 g/mol. The summed E-state index contributed by atoms with van der Waals surface area (Å²) in [7, 11) is 0. The maximum Gasteiger partial charge on any atom is 0.220 e. The molecule has 0 spiro atoms. The molecule has 0 aromatic rings. The Hall–Kier alpha value is -1.43. The van der Waals surface area contributed by atoms with Crippen molar-refractivity contribution in [3.63, 3.8) is 0 Å². The minimum absolute atomic E-state index is 0.169. The number of carbonyl (C=O) groups is 1. The average Bonchev–Trinajstić information content (AvgIpc) is 2.94. The van der Waals surface area contributed by atoms with Crippen LogP contribution < -0.4 is 5.32 Å². The Morgan fingerprint density at radius 1 is 0.641 bits per heavy atom. The fourth-order valence-corrected chi connectivity index (χ4v) is 4.60. The maximum absolute atomic E-state index is 12.3. The van der Waals surface area contributed by atoms with Gasteiger partial charge >= 0.3 is 0 Å². The number of allylic oxidation sites excluding steroid dienone is 6. The predicted molar refractivity (Wildman–Crippen MR) is 167 cm³/mol. The van der Waals surface area contributed by atoms with E-state index in [4.69, 9.17) is 0 Å². The molecule has 0 bridgehead atoms. The molecule has 0 fully saturated rings. The van der Waals surface area contributed by atoms with Gasteiger partial charge in [0.2, 0.25) is 5.91 Å². The van der Waals surface area contributed by atoms with Crippen LogP contribution in [0.15, 0.2) is 36.5 Å². The van der Waals surface area contributed by atoms with E-state index in [1.54, 1.807) is 0 Å². The molecule has 39 heavy (non-hydrogen) atoms. The molecule has 0 saturated carbocycles. The van der Waals surface area contributed by atoms with Crippen molar-refractivity contribution in [3.05, 3.63) is 36.5 Å². The zero-order chi connectivity index (χ0) is 28.8. The normalized spacial score (nSPS) is 14.5. The van der Waals surface area contributed by atoms with Gasteiger partial charge in [-0.2, -0.15) is 0 Å². The van der Waals surface area contributed by atoms with Gasteiger partial charge in [-0.1, -0.05) is 108 Å². The molecule has 0 saturated heterocycles. The van der Waals surface area contributed by atoms with Crippen LogP contribution in [-0.2, 0) is 4.79 Å². The summed E-state index contributed by atoms with van der Waals surface area (Å²) >= 11 is 0. The highest BCUT2D eigenvalue weighted by atomic mass is 16.3. The SMILES string of the molecule is CCCCC/C=C\C/C=C\CCCCCCCCCC(=O)NC(CO)C(O)C(O)CCC/C=C/CCCCC. The second kappa shape index (κ2) is 29.6. The molecule has 0 aromatic heterocycles. The van der Waals surface area contributed by atoms with Gasteiger partial charge < -0.3 is 20.6 Å². The van der Waals surface area contributed by atoms with Crippen molar-refractivity contribution in [2.75, 3.05) is 6.61 Å². The molecule has 0 aliphatic heterocycles. The average molecular weight is 550 g/mol. The number of nitrogens with one attached hydrogen (secondary N) is 1. The van der Waals surface area contributed by atoms with Gasteiger partial charge in [0, 0.05) is 6.42 Å². The maximum atomic E-state index is 12.3. The van der Waals surface area contributed by atoms with Gasteiger partial charge in [0.25, 0.3) is 0 Å². The van der Waals surface area contributed by atoms with Crippen LogP contribution in [0, 0.1) is 0 Å². The van der Waals surface area contributed by atoms with Crippen molar-refractivity contribution in [3.8, 4) is 0 Å². The van der Waals surface area contributed by atoms with Gasteiger partial charge in [0.1, 0.15) is 6.10 Å². The minimum atomic E-state index is -1.16. The standard InChI is InChI=1S/C34H63NO4/c1-3-5-7-9-11-13-14-15-16-17-18-19-20-21-23-25-27-29-33(38)35-31(30-36)34(39)32(37)28-26-24-22-12-10-8-6-4-2/h11-13,15-16,22,31-32,34,36-37,39H,3-10,14,17-21,23-30H2,1-2H3,(H,35,38)/b13-11-,16-15-,22-12+. The first-order chi connectivity index (χ1) is 19.1. The van der Waals surface area contributed by atoms with E-state index >= 15 is 0 Å². The Kier molecular flexibility index (Phi) is 28.5. The van der Waals surface area contributed by atoms with Crippen LogP contribution in [0.2, 0.25) is 0 Å². The molecule has 3 atom stereocenters. The van der Waals surface area contributed by atoms with Crippen LogP contribution in [0.5, 0.6) is 0 Å². The number of unbranched alkanes of at least 4 members (excludes halogenated alkanes) is 14. The number of aliphatic hydroxyl groups is 3. The third-order valence-corrected chi connectivity index (χ3v) is 7.22. The summed E-state index contributed by atoms with van der Waals surface area (Å²) in [5.41, 5.74) is 0. The van der Waals surface area contributed by atoms with Crippen LogP contribution in [0.4, 0.5) is 0 Å². The van der Waals surface area contributed by atoms with Crippen LogP contribution in [0.25, 0.3) is 0 Å². The Bertz CT molecular complexity index is 616. The first-order valence-electron chi connectivity index (χ1n) is 16.3. The number of carbonyl (C=O) groups excluding carboxylic acids is 1. The van der Waals surface area contributed by atoms with E-state index in [1.807, 2.05) is 0 Å². The summed E-state index contributed by atoms with van der Waals surface area (Å²) in [6.07, 6.45) is 33.8. The van der Waals surface area contributed by atoms with E-state index < -0.39 is 18.2 Å². The molecule has 4 N–H and O–H groups in total. The van der Waals surface area contributed by atoms with E-state index in [0.29, 0.717) is 12.8 Å². The highest BCUT2D eigenvalue weighted by Gasteiger charge is 2.26. The highest BCUT2D eigenvalue weighted by molar-refractivity contribution is 5.76. The van der Waals surface area contributed by atoms with E-state index in [2.05, 4.69) is 55.6 Å². The molecule has 0 radical (unpaired) electrons. The first-order valence-corrected chi connectivity index (χ1v) is 16.3. The predicted octanol–water partition coefficient (Wildman–Crippen LogP) is 8.09. The largest absolute Gasteiger partial charge is 0.394 e. The molecule has 0 aromatic carbocycles. The summed E-state index contributed by atoms with van der Waals surface area (Å²) in [6, 6.07) is -0.826. The van der Waals surface area contributed by atoms with Gasteiger partial charge in [0.15, 0.2) is 0 Å². The van der Waals surface area contributed by atoms with Gasteiger partial charge in [0.05, 0.1) is 18.8 Å². The topological polar surface area (TPSA) is 89.8 Å². The van der Waals surface area contributed by atoms with Gasteiger partial charge in [-0.25, -0.2) is 0 Å². The molecule has 5 nitrogen and oxygen atoms in total. The second-order valence-electron chi connectivity index (χ2n) is 11.0. The summed E-state index contributed by atoms with van der Waals surface area (Å²) in [6.45, 7) is 4.05. The van der Waals surface area contributed by atoms with Gasteiger partial charge in [-0.15, -0.1) is 0 Å². The second-order valence-corrected chi connectivity index (χ2v) is 11.0. The highest BCUT2D eigenvalue weighted by Crippen LogP contribution is 2.12. The number of hydrogen-bond acceptors (Lipinski definition) is 4. The Morgan fingerprint density at radius 3 is 1.64 bits per heavy atom. The monoisotopic (exact) mass is 549 g/mol. The third kappa shape index (κ3) is 25.3. The Balaban J connectivity index is 3.76. The van der Waals surface area contributed by atoms with Crippen LogP contribution >= 0.6 is 0 Å². The molecule has 3 unspecified atom stereocenters. The third-order valence-electron chi connectivity index (χ3n) is 7.22. The van der Waals surface area contributed by atoms with Crippen molar-refractivity contribution in [2.24, 2.45) is 0 Å². The van der Waals surface area contributed by atoms with E-state index in [1.165, 1.54) is 70.6 Å². The summed E-state index contributed by atoms with van der Waals surface area (Å²) in [5, 5.41) is 33.0. The summed E-state index contributed by atoms with van der Waals surface area (Å²) in [5.74, 6) is -0.169. The lowest BCUT2D eigenvalue weighted by atomic mass is 10.0. The lowest BCUT2D eigenvalue weighted by molar-refractivity contribution is -0.124. The van der Waals surface area contributed by atoms with E-state index in [9.17, 15) is 20.1 Å². The lowest BCUT2D eigenvalue weighted by Gasteiger charge is -2.26. The minimum Gasteiger partial charge on any atom is -0.394 e. The summed E-state index contributed by atoms with van der Waals surface area (Å²) < 4.78 is 0. The molecular formula is C34H63NO4. The van der Waals surface area contributed by atoms with Crippen LogP contribution in [-0.4, -0.2) is 46.1 Å². The Labute approximate surface area is 241 Å². The van der Waals surface area contributed by atoms with Crippen LogP contribution in [0.3, 0.4) is 0 Å². The number of hydrogen-bond donors (Lipinski definition) is 4. The molecule has 1 amide bonds. The Morgan fingerprint density at radius 2 is 1.10 bits per heavy atom. The van der Waals surface area contributed by atoms with Gasteiger partial charge in [-0.05, 0) is 70.6 Å². The molecule has 228 valence electrons. The van der Waals surface area contributed by atoms with Crippen molar-refractivity contribution < 1.29 is 20.1 Å². The van der Waals surface area contributed by atoms with Crippen molar-refractivity contribution in [1.82, 2.24) is 5.32 Å². The molecule has 0 aliphatic rings. The molecule has 0 rings (SSSR count). The van der Waals surface area contributed by atoms with Crippen molar-refractivity contribution >= 4 is 5.91 Å². The van der Waals surface area contributed by atoms with Crippen LogP contribution in [0.1, 0.15) is 149 Å². The fraction of sp³-hybridized carbons (Fsp3) is 0.794. The molecule has 5 heteroatoms. The lowest BCUT2D eigenvalue weighted by Crippen LogP contribution is -2.50.